The zero-order valence-corrected chi connectivity index (χ0v) is 14.7. The van der Waals surface area contributed by atoms with Crippen molar-refractivity contribution in [3.05, 3.63) is 57.6 Å². The fourth-order valence-electron chi connectivity index (χ4n) is 2.81. The quantitative estimate of drug-likeness (QED) is 0.834. The molecule has 0 unspecified atom stereocenters. The van der Waals surface area contributed by atoms with Gasteiger partial charge in [0.25, 0.3) is 0 Å². The molecule has 0 aliphatic rings. The van der Waals surface area contributed by atoms with Gasteiger partial charge in [-0.3, -0.25) is 0 Å². The van der Waals surface area contributed by atoms with Gasteiger partial charge in [0.05, 0.1) is 0 Å². The van der Waals surface area contributed by atoms with Crippen LogP contribution in [0.1, 0.15) is 33.4 Å². The second-order valence-electron chi connectivity index (χ2n) is 6.03. The molecule has 2 aromatic carbocycles. The van der Waals surface area contributed by atoms with E-state index in [-0.39, 0.29) is 0 Å². The Morgan fingerprint density at radius 3 is 1.24 bits per heavy atom. The lowest BCUT2D eigenvalue weighted by atomic mass is 10.0. The van der Waals surface area contributed by atoms with Crippen molar-refractivity contribution in [1.82, 2.24) is 0 Å². The first kappa shape index (κ1) is 16.0. The molecule has 2 nitrogen and oxygen atoms in total. The molecule has 3 heteroatoms. The Bertz CT molecular complexity index is 643. The summed E-state index contributed by atoms with van der Waals surface area (Å²) >= 11 is 0. The molecule has 0 aliphatic carbocycles. The third-order valence-electron chi connectivity index (χ3n) is 4.87. The first-order chi connectivity index (χ1) is 9.67. The Morgan fingerprint density at radius 1 is 0.571 bits per heavy atom. The van der Waals surface area contributed by atoms with E-state index in [4.69, 9.17) is 0 Å². The fourth-order valence-corrected chi connectivity index (χ4v) is 5.16. The first-order valence-electron chi connectivity index (χ1n) is 7.27. The van der Waals surface area contributed by atoms with Gasteiger partial charge in [-0.05, 0) is 74.9 Å². The van der Waals surface area contributed by atoms with Crippen LogP contribution in [0.15, 0.2) is 24.3 Å². The van der Waals surface area contributed by atoms with Crippen LogP contribution in [0.2, 0.25) is 0 Å². The minimum absolute atomic E-state index is 0.692. The van der Waals surface area contributed by atoms with Crippen molar-refractivity contribution in [2.45, 2.75) is 41.5 Å². The van der Waals surface area contributed by atoms with Crippen LogP contribution in [0, 0.1) is 41.5 Å². The second-order valence-corrected chi connectivity index (χ2v) is 8.45. The van der Waals surface area contributed by atoms with Crippen molar-refractivity contribution in [2.24, 2.45) is 0 Å². The zero-order chi connectivity index (χ0) is 15.9. The van der Waals surface area contributed by atoms with Gasteiger partial charge in [0.15, 0.2) is 0 Å². The normalized spacial score (nSPS) is 11.8. The summed E-state index contributed by atoms with van der Waals surface area (Å²) in [4.78, 5) is 21.9. The van der Waals surface area contributed by atoms with E-state index in [1.807, 2.05) is 65.8 Å². The molecule has 0 fully saturated rings. The van der Waals surface area contributed by atoms with Crippen LogP contribution in [0.5, 0.6) is 0 Å². The molecule has 0 saturated carbocycles. The lowest BCUT2D eigenvalue weighted by molar-refractivity contribution is 0.400. The Balaban J connectivity index is 2.68. The molecule has 0 bridgehead atoms. The van der Waals surface area contributed by atoms with Crippen molar-refractivity contribution in [1.29, 1.82) is 0 Å². The molecule has 0 aromatic heterocycles. The summed E-state index contributed by atoms with van der Waals surface area (Å²) in [5.41, 5.74) is 6.60. The van der Waals surface area contributed by atoms with E-state index in [1.165, 1.54) is 11.1 Å². The van der Waals surface area contributed by atoms with Crippen molar-refractivity contribution in [3.8, 4) is 0 Å². The van der Waals surface area contributed by atoms with Gasteiger partial charge in [-0.1, -0.05) is 24.3 Å². The fraction of sp³-hybridized carbons (Fsp3) is 0.333. The highest BCUT2D eigenvalue weighted by Gasteiger charge is 2.38. The Morgan fingerprint density at radius 2 is 0.905 bits per heavy atom. The average Bonchev–Trinajstić information content (AvgIpc) is 2.41. The van der Waals surface area contributed by atoms with Gasteiger partial charge >= 0.3 is 8.56 Å². The van der Waals surface area contributed by atoms with Crippen molar-refractivity contribution in [3.63, 3.8) is 0 Å². The van der Waals surface area contributed by atoms with Gasteiger partial charge in [0, 0.05) is 10.4 Å². The summed E-state index contributed by atoms with van der Waals surface area (Å²) in [6, 6.07) is 7.70. The minimum atomic E-state index is -3.65. The number of rotatable bonds is 2. The van der Waals surface area contributed by atoms with Gasteiger partial charge in [-0.15, -0.1) is 0 Å². The standard InChI is InChI=1S/C18H24O2Si/c1-11-7-9-17(15(5)13(11)3)21(19,20)18-10-8-12(2)14(4)16(18)6/h7-10,19-20H,1-6H3. The van der Waals surface area contributed by atoms with Crippen LogP contribution < -0.4 is 10.4 Å². The number of hydrogen-bond acceptors (Lipinski definition) is 2. The first-order valence-corrected chi connectivity index (χ1v) is 9.16. The summed E-state index contributed by atoms with van der Waals surface area (Å²) in [7, 11) is -3.65. The third kappa shape index (κ3) is 2.57. The predicted molar refractivity (Wildman–Crippen MR) is 90.8 cm³/mol. The molecular weight excluding hydrogens is 276 g/mol. The van der Waals surface area contributed by atoms with E-state index in [1.54, 1.807) is 0 Å². The molecule has 21 heavy (non-hydrogen) atoms. The maximum Gasteiger partial charge on any atom is 0.402 e. The van der Waals surface area contributed by atoms with E-state index in [0.717, 1.165) is 22.3 Å². The zero-order valence-electron chi connectivity index (χ0n) is 13.7. The van der Waals surface area contributed by atoms with E-state index in [0.29, 0.717) is 10.4 Å². The summed E-state index contributed by atoms with van der Waals surface area (Å²) < 4.78 is 0. The topological polar surface area (TPSA) is 40.5 Å². The molecule has 0 heterocycles. The van der Waals surface area contributed by atoms with E-state index < -0.39 is 8.56 Å². The van der Waals surface area contributed by atoms with Crippen LogP contribution in [0.3, 0.4) is 0 Å². The van der Waals surface area contributed by atoms with Gasteiger partial charge in [-0.2, -0.15) is 0 Å². The van der Waals surface area contributed by atoms with Crippen LogP contribution in [0.4, 0.5) is 0 Å². The summed E-state index contributed by atoms with van der Waals surface area (Å²) in [6.07, 6.45) is 0. The number of aryl methyl sites for hydroxylation is 2. The number of hydrogen-bond donors (Lipinski definition) is 2. The van der Waals surface area contributed by atoms with E-state index in [2.05, 4.69) is 0 Å². The maximum absolute atomic E-state index is 10.9. The third-order valence-corrected chi connectivity index (χ3v) is 7.45. The smallest absolute Gasteiger partial charge is 0.402 e. The van der Waals surface area contributed by atoms with Crippen molar-refractivity contribution < 1.29 is 9.59 Å². The summed E-state index contributed by atoms with van der Waals surface area (Å²) in [5.74, 6) is 0. The van der Waals surface area contributed by atoms with Gasteiger partial charge in [0.1, 0.15) is 0 Å². The summed E-state index contributed by atoms with van der Waals surface area (Å²) in [5, 5.41) is 1.38. The number of benzene rings is 2. The highest BCUT2D eigenvalue weighted by Crippen LogP contribution is 2.16. The van der Waals surface area contributed by atoms with Crippen LogP contribution >= 0.6 is 0 Å². The highest BCUT2D eigenvalue weighted by molar-refractivity contribution is 6.91. The highest BCUT2D eigenvalue weighted by atomic mass is 28.4. The Labute approximate surface area is 128 Å². The van der Waals surface area contributed by atoms with E-state index >= 15 is 0 Å². The lowest BCUT2D eigenvalue weighted by Crippen LogP contribution is -2.61. The van der Waals surface area contributed by atoms with Crippen LogP contribution in [-0.2, 0) is 0 Å². The Kier molecular flexibility index (Phi) is 4.11. The molecule has 0 saturated heterocycles. The van der Waals surface area contributed by atoms with Gasteiger partial charge < -0.3 is 9.59 Å². The molecule has 0 aliphatic heterocycles. The molecule has 0 atom stereocenters. The van der Waals surface area contributed by atoms with Crippen molar-refractivity contribution >= 4 is 18.9 Å². The molecule has 0 radical (unpaired) electrons. The maximum atomic E-state index is 10.9. The van der Waals surface area contributed by atoms with Gasteiger partial charge in [0.2, 0.25) is 0 Å². The molecule has 2 N–H and O–H groups in total. The lowest BCUT2D eigenvalue weighted by Gasteiger charge is -2.25. The second kappa shape index (κ2) is 5.41. The Hall–Kier alpha value is -1.42. The van der Waals surface area contributed by atoms with Gasteiger partial charge in [-0.25, -0.2) is 0 Å². The molecule has 0 amide bonds. The molecular formula is C18H24O2Si. The summed E-state index contributed by atoms with van der Waals surface area (Å²) in [6.45, 7) is 12.1. The monoisotopic (exact) mass is 300 g/mol. The largest absolute Gasteiger partial charge is 0.404 e. The van der Waals surface area contributed by atoms with Crippen LogP contribution in [0.25, 0.3) is 0 Å². The molecule has 0 spiro atoms. The van der Waals surface area contributed by atoms with E-state index in [9.17, 15) is 9.59 Å². The van der Waals surface area contributed by atoms with Crippen LogP contribution in [-0.4, -0.2) is 18.2 Å². The molecule has 2 rings (SSSR count). The average molecular weight is 300 g/mol. The SMILES string of the molecule is Cc1ccc([Si](O)(O)c2ccc(C)c(C)c2C)c(C)c1C. The molecule has 2 aromatic rings. The minimum Gasteiger partial charge on any atom is -0.404 e. The molecule has 112 valence electrons. The van der Waals surface area contributed by atoms with Crippen molar-refractivity contribution in [2.75, 3.05) is 0 Å². The predicted octanol–water partition coefficient (Wildman–Crippen LogP) is 2.08.